The Bertz CT molecular complexity index is 569. The highest BCUT2D eigenvalue weighted by Gasteiger charge is 2.04. The third kappa shape index (κ3) is 2.50. The third-order valence-corrected chi connectivity index (χ3v) is 2.68. The molecule has 0 amide bonds. The van der Waals surface area contributed by atoms with Crippen molar-refractivity contribution in [1.82, 2.24) is 14.5 Å². The lowest BCUT2D eigenvalue weighted by Crippen LogP contribution is -2.19. The number of benzene rings is 1. The molecule has 0 atom stereocenters. The summed E-state index contributed by atoms with van der Waals surface area (Å²) in [7, 11) is 5.75. The number of nitrogens with zero attached hydrogens (tertiary/aromatic N) is 2. The van der Waals surface area contributed by atoms with Gasteiger partial charge in [0.15, 0.2) is 0 Å². The fourth-order valence-corrected chi connectivity index (χ4v) is 1.64. The summed E-state index contributed by atoms with van der Waals surface area (Å²) in [6, 6.07) is 5.61. The molecule has 0 bridgehead atoms. The van der Waals surface area contributed by atoms with Gasteiger partial charge in [0.1, 0.15) is 12.4 Å². The van der Waals surface area contributed by atoms with Crippen molar-refractivity contribution in [3.63, 3.8) is 0 Å². The smallest absolute Gasteiger partial charge is 0.326 e. The summed E-state index contributed by atoms with van der Waals surface area (Å²) in [5.41, 5.74) is 1.58. The lowest BCUT2D eigenvalue weighted by atomic mass is 10.3. The molecule has 92 valence electrons. The molecule has 0 aliphatic carbocycles. The van der Waals surface area contributed by atoms with Crippen LogP contribution in [0.15, 0.2) is 23.0 Å². The topological polar surface area (TPSA) is 50.3 Å². The summed E-state index contributed by atoms with van der Waals surface area (Å²) in [6.07, 6.45) is 0. The Balaban J connectivity index is 2.19. The predicted octanol–water partition coefficient (Wildman–Crippen LogP) is 0.807. The highest BCUT2D eigenvalue weighted by atomic mass is 16.5. The largest absolute Gasteiger partial charge is 0.492 e. The summed E-state index contributed by atoms with van der Waals surface area (Å²) in [5.74, 6) is 0.786. The summed E-state index contributed by atoms with van der Waals surface area (Å²) in [4.78, 5) is 16.2. The molecule has 1 N–H and O–H groups in total. The number of nitrogens with one attached hydrogen (secondary N) is 1. The van der Waals surface area contributed by atoms with Crippen LogP contribution in [0.4, 0.5) is 0 Å². The second kappa shape index (κ2) is 4.63. The van der Waals surface area contributed by atoms with Gasteiger partial charge >= 0.3 is 5.69 Å². The van der Waals surface area contributed by atoms with Gasteiger partial charge in [0.2, 0.25) is 0 Å². The highest BCUT2D eigenvalue weighted by molar-refractivity contribution is 5.76. The van der Waals surface area contributed by atoms with Crippen molar-refractivity contribution >= 4 is 11.0 Å². The number of likely N-dealkylation sites (N-methyl/N-ethyl adjacent to an activating group) is 1. The normalized spacial score (nSPS) is 11.3. The molecular formula is C12H17N3O2. The third-order valence-electron chi connectivity index (χ3n) is 2.68. The zero-order valence-electron chi connectivity index (χ0n) is 10.4. The first-order valence-corrected chi connectivity index (χ1v) is 5.54. The molecular weight excluding hydrogens is 218 g/mol. The minimum absolute atomic E-state index is 0.106. The quantitative estimate of drug-likeness (QED) is 0.853. The lowest BCUT2D eigenvalue weighted by Gasteiger charge is -2.10. The van der Waals surface area contributed by atoms with Crippen LogP contribution >= 0.6 is 0 Å². The molecule has 1 heterocycles. The zero-order valence-corrected chi connectivity index (χ0v) is 10.4. The van der Waals surface area contributed by atoms with Crippen LogP contribution in [-0.4, -0.2) is 41.7 Å². The first-order chi connectivity index (χ1) is 8.08. The SMILES string of the molecule is CN(C)CCOc1ccc2[nH]c(=O)n(C)c2c1. The minimum Gasteiger partial charge on any atom is -0.492 e. The van der Waals surface area contributed by atoms with E-state index in [0.29, 0.717) is 6.61 Å². The van der Waals surface area contributed by atoms with Crippen molar-refractivity contribution in [2.24, 2.45) is 7.05 Å². The Morgan fingerprint density at radius 1 is 1.41 bits per heavy atom. The Kier molecular flexibility index (Phi) is 3.19. The van der Waals surface area contributed by atoms with Crippen molar-refractivity contribution in [2.45, 2.75) is 0 Å². The second-order valence-electron chi connectivity index (χ2n) is 4.32. The van der Waals surface area contributed by atoms with Crippen molar-refractivity contribution < 1.29 is 4.74 Å². The molecule has 2 aromatic rings. The van der Waals surface area contributed by atoms with Gasteiger partial charge in [0, 0.05) is 19.7 Å². The molecule has 0 aliphatic rings. The molecule has 0 spiro atoms. The molecule has 0 fully saturated rings. The van der Waals surface area contributed by atoms with Gasteiger partial charge in [-0.25, -0.2) is 4.79 Å². The predicted molar refractivity (Wildman–Crippen MR) is 67.6 cm³/mol. The summed E-state index contributed by atoms with van der Waals surface area (Å²) < 4.78 is 7.20. The average molecular weight is 235 g/mol. The number of ether oxygens (including phenoxy) is 1. The van der Waals surface area contributed by atoms with E-state index < -0.39 is 0 Å². The van der Waals surface area contributed by atoms with Gasteiger partial charge in [-0.05, 0) is 26.2 Å². The van der Waals surface area contributed by atoms with Crippen LogP contribution in [0.25, 0.3) is 11.0 Å². The number of fused-ring (bicyclic) bond motifs is 1. The van der Waals surface area contributed by atoms with E-state index >= 15 is 0 Å². The molecule has 1 aromatic carbocycles. The number of H-pyrrole nitrogens is 1. The van der Waals surface area contributed by atoms with E-state index in [2.05, 4.69) is 9.88 Å². The van der Waals surface area contributed by atoms with Gasteiger partial charge in [-0.1, -0.05) is 0 Å². The molecule has 0 saturated carbocycles. The molecule has 5 nitrogen and oxygen atoms in total. The van der Waals surface area contributed by atoms with Crippen molar-refractivity contribution in [1.29, 1.82) is 0 Å². The van der Waals surface area contributed by atoms with Crippen LogP contribution in [0.1, 0.15) is 0 Å². The number of aromatic amines is 1. The van der Waals surface area contributed by atoms with E-state index in [0.717, 1.165) is 23.3 Å². The number of aryl methyl sites for hydroxylation is 1. The maximum Gasteiger partial charge on any atom is 0.326 e. The number of hydrogen-bond donors (Lipinski definition) is 1. The standard InChI is InChI=1S/C12H17N3O2/c1-14(2)6-7-17-9-4-5-10-11(8-9)15(3)12(16)13-10/h4-5,8H,6-7H2,1-3H3,(H,13,16). The van der Waals surface area contributed by atoms with E-state index in [4.69, 9.17) is 4.74 Å². The van der Waals surface area contributed by atoms with Crippen LogP contribution in [0.2, 0.25) is 0 Å². The summed E-state index contributed by atoms with van der Waals surface area (Å²) in [6.45, 7) is 1.50. The van der Waals surface area contributed by atoms with Crippen LogP contribution in [0.5, 0.6) is 5.75 Å². The van der Waals surface area contributed by atoms with E-state index in [1.807, 2.05) is 32.3 Å². The van der Waals surface area contributed by atoms with Gasteiger partial charge in [0.05, 0.1) is 11.0 Å². The van der Waals surface area contributed by atoms with Gasteiger partial charge in [-0.3, -0.25) is 4.57 Å². The molecule has 1 aromatic heterocycles. The average Bonchev–Trinajstić information content (AvgIpc) is 2.55. The van der Waals surface area contributed by atoms with E-state index in [-0.39, 0.29) is 5.69 Å². The molecule has 0 aliphatic heterocycles. The highest BCUT2D eigenvalue weighted by Crippen LogP contribution is 2.17. The molecule has 17 heavy (non-hydrogen) atoms. The molecule has 0 unspecified atom stereocenters. The Morgan fingerprint density at radius 3 is 2.88 bits per heavy atom. The first-order valence-electron chi connectivity index (χ1n) is 5.54. The molecule has 5 heteroatoms. The second-order valence-corrected chi connectivity index (χ2v) is 4.32. The monoisotopic (exact) mass is 235 g/mol. The van der Waals surface area contributed by atoms with Crippen molar-refractivity contribution in [2.75, 3.05) is 27.2 Å². The molecule has 2 rings (SSSR count). The van der Waals surface area contributed by atoms with Crippen molar-refractivity contribution in [3.05, 3.63) is 28.7 Å². The molecule has 0 saturated heterocycles. The fraction of sp³-hybridized carbons (Fsp3) is 0.417. The Labute approximate surface area is 99.6 Å². The van der Waals surface area contributed by atoms with Crippen LogP contribution in [0.3, 0.4) is 0 Å². The Hall–Kier alpha value is -1.75. The van der Waals surface area contributed by atoms with Crippen LogP contribution in [-0.2, 0) is 7.05 Å². The maximum absolute atomic E-state index is 11.4. The first kappa shape index (κ1) is 11.7. The summed E-state index contributed by atoms with van der Waals surface area (Å²) >= 11 is 0. The lowest BCUT2D eigenvalue weighted by molar-refractivity contribution is 0.261. The summed E-state index contributed by atoms with van der Waals surface area (Å²) in [5, 5.41) is 0. The van der Waals surface area contributed by atoms with Crippen LogP contribution in [0, 0.1) is 0 Å². The van der Waals surface area contributed by atoms with E-state index in [1.54, 1.807) is 11.6 Å². The number of aromatic nitrogens is 2. The van der Waals surface area contributed by atoms with Gasteiger partial charge < -0.3 is 14.6 Å². The zero-order chi connectivity index (χ0) is 12.4. The van der Waals surface area contributed by atoms with Gasteiger partial charge in [-0.15, -0.1) is 0 Å². The van der Waals surface area contributed by atoms with Crippen molar-refractivity contribution in [3.8, 4) is 5.75 Å². The minimum atomic E-state index is -0.106. The molecule has 0 radical (unpaired) electrons. The van der Waals surface area contributed by atoms with E-state index in [9.17, 15) is 4.79 Å². The number of rotatable bonds is 4. The van der Waals surface area contributed by atoms with Gasteiger partial charge in [-0.2, -0.15) is 0 Å². The van der Waals surface area contributed by atoms with Crippen LogP contribution < -0.4 is 10.4 Å². The number of hydrogen-bond acceptors (Lipinski definition) is 3. The van der Waals surface area contributed by atoms with E-state index in [1.165, 1.54) is 0 Å². The Morgan fingerprint density at radius 2 is 2.18 bits per heavy atom. The maximum atomic E-state index is 11.4. The van der Waals surface area contributed by atoms with Gasteiger partial charge in [0.25, 0.3) is 0 Å². The number of imidazole rings is 1. The fourth-order valence-electron chi connectivity index (χ4n) is 1.64.